The van der Waals surface area contributed by atoms with Crippen LogP contribution in [0.1, 0.15) is 24.9 Å². The van der Waals surface area contributed by atoms with Gasteiger partial charge in [-0.25, -0.2) is 0 Å². The molecule has 1 unspecified atom stereocenters. The Morgan fingerprint density at radius 3 is 2.75 bits per heavy atom. The number of nitrogens with one attached hydrogen (secondary N) is 1. The molecule has 0 aliphatic rings. The lowest BCUT2D eigenvalue weighted by Crippen LogP contribution is -2.20. The topological polar surface area (TPSA) is 41.5 Å². The van der Waals surface area contributed by atoms with Crippen LogP contribution in [0.15, 0.2) is 37.1 Å². The van der Waals surface area contributed by atoms with Crippen molar-refractivity contribution >= 4 is 0 Å². The molecule has 0 aromatic heterocycles. The van der Waals surface area contributed by atoms with E-state index in [9.17, 15) is 0 Å². The van der Waals surface area contributed by atoms with E-state index in [0.29, 0.717) is 12.4 Å². The summed E-state index contributed by atoms with van der Waals surface area (Å²) in [6.07, 6.45) is 2.41. The maximum atomic E-state index is 9.17. The van der Waals surface area contributed by atoms with E-state index < -0.39 is 0 Å². The van der Waals surface area contributed by atoms with E-state index in [-0.39, 0.29) is 6.04 Å². The zero-order valence-corrected chi connectivity index (χ0v) is 9.65. The molecule has 0 saturated heterocycles. The van der Waals surface area contributed by atoms with Gasteiger partial charge in [-0.05, 0) is 37.6 Å². The smallest absolute Gasteiger partial charge is 0.115 e. The number of hydrogen-bond donors (Lipinski definition) is 2. The molecule has 1 aromatic rings. The molecule has 0 saturated carbocycles. The molecule has 16 heavy (non-hydrogen) atoms. The molecular formula is C13H19NO2. The molecule has 88 valence electrons. The zero-order valence-electron chi connectivity index (χ0n) is 9.65. The number of benzene rings is 1. The quantitative estimate of drug-likeness (QED) is 0.549. The van der Waals surface area contributed by atoms with Gasteiger partial charge in [-0.15, -0.1) is 0 Å². The van der Waals surface area contributed by atoms with Gasteiger partial charge in [-0.3, -0.25) is 0 Å². The van der Waals surface area contributed by atoms with Crippen LogP contribution in [0.25, 0.3) is 0 Å². The molecule has 1 atom stereocenters. The van der Waals surface area contributed by atoms with Crippen molar-refractivity contribution in [3.63, 3.8) is 0 Å². The Hall–Kier alpha value is -1.48. The average molecular weight is 221 g/mol. The predicted octanol–water partition coefficient (Wildman–Crippen LogP) is 2.59. The summed E-state index contributed by atoms with van der Waals surface area (Å²) in [7, 11) is 0. The van der Waals surface area contributed by atoms with Gasteiger partial charge in [0.05, 0.1) is 12.9 Å². The van der Waals surface area contributed by atoms with Crippen molar-refractivity contribution in [3.05, 3.63) is 42.7 Å². The number of hydrogen-bond acceptors (Lipinski definition) is 3. The summed E-state index contributed by atoms with van der Waals surface area (Å²) in [5.74, 6) is 0.301. The summed E-state index contributed by atoms with van der Waals surface area (Å²) in [4.78, 5) is 0. The first-order valence-corrected chi connectivity index (χ1v) is 5.49. The van der Waals surface area contributed by atoms with Gasteiger partial charge in [0.25, 0.3) is 0 Å². The summed E-state index contributed by atoms with van der Waals surface area (Å²) in [5.41, 5.74) is 1.17. The molecule has 3 heteroatoms. The molecule has 0 aliphatic carbocycles. The van der Waals surface area contributed by atoms with Gasteiger partial charge in [0.1, 0.15) is 5.75 Å². The number of aromatic hydroxyl groups is 1. The number of ether oxygens (including phenoxy) is 1. The maximum Gasteiger partial charge on any atom is 0.115 e. The van der Waals surface area contributed by atoms with Crippen molar-refractivity contribution in [2.75, 3.05) is 13.2 Å². The van der Waals surface area contributed by atoms with Crippen molar-refractivity contribution in [1.82, 2.24) is 5.32 Å². The van der Waals surface area contributed by atoms with Gasteiger partial charge in [-0.2, -0.15) is 0 Å². The van der Waals surface area contributed by atoms with Gasteiger partial charge in [0, 0.05) is 6.04 Å². The fourth-order valence-corrected chi connectivity index (χ4v) is 1.44. The Balaban J connectivity index is 2.26. The Bertz CT molecular complexity index is 308. The van der Waals surface area contributed by atoms with Gasteiger partial charge in [0.2, 0.25) is 0 Å². The van der Waals surface area contributed by atoms with E-state index in [0.717, 1.165) is 13.0 Å². The minimum Gasteiger partial charge on any atom is -0.508 e. The van der Waals surface area contributed by atoms with Crippen LogP contribution < -0.4 is 5.32 Å². The summed E-state index contributed by atoms with van der Waals surface area (Å²) in [6.45, 7) is 7.17. The van der Waals surface area contributed by atoms with E-state index in [1.54, 1.807) is 12.1 Å². The third kappa shape index (κ3) is 4.36. The van der Waals surface area contributed by atoms with E-state index in [2.05, 4.69) is 18.8 Å². The standard InChI is InChI=1S/C13H19NO2/c1-3-16-10-4-9-14-11(2)12-5-7-13(15)8-6-12/h3,5-8,11,14-15H,1,4,9-10H2,2H3. The van der Waals surface area contributed by atoms with Crippen LogP contribution in [0.5, 0.6) is 5.75 Å². The van der Waals surface area contributed by atoms with E-state index in [4.69, 9.17) is 9.84 Å². The largest absolute Gasteiger partial charge is 0.508 e. The van der Waals surface area contributed by atoms with Crippen molar-refractivity contribution < 1.29 is 9.84 Å². The SMILES string of the molecule is C=COCCCNC(C)c1ccc(O)cc1. The summed E-state index contributed by atoms with van der Waals surface area (Å²) in [6, 6.07) is 7.53. The zero-order chi connectivity index (χ0) is 11.8. The maximum absolute atomic E-state index is 9.17. The highest BCUT2D eigenvalue weighted by Crippen LogP contribution is 2.15. The van der Waals surface area contributed by atoms with Gasteiger partial charge >= 0.3 is 0 Å². The van der Waals surface area contributed by atoms with Crippen LogP contribution in [-0.2, 0) is 4.74 Å². The van der Waals surface area contributed by atoms with E-state index in [1.807, 2.05) is 12.1 Å². The van der Waals surface area contributed by atoms with Crippen LogP contribution in [0, 0.1) is 0 Å². The van der Waals surface area contributed by atoms with Gasteiger partial charge in [0.15, 0.2) is 0 Å². The van der Waals surface area contributed by atoms with Crippen molar-refractivity contribution in [3.8, 4) is 5.75 Å². The lowest BCUT2D eigenvalue weighted by molar-refractivity contribution is 0.243. The van der Waals surface area contributed by atoms with E-state index in [1.165, 1.54) is 11.8 Å². The predicted molar refractivity (Wildman–Crippen MR) is 65.3 cm³/mol. The number of rotatable bonds is 7. The number of phenolic OH excluding ortho intramolecular Hbond substituents is 1. The van der Waals surface area contributed by atoms with Crippen LogP contribution in [0.4, 0.5) is 0 Å². The molecule has 0 amide bonds. The first-order chi connectivity index (χ1) is 7.74. The fourth-order valence-electron chi connectivity index (χ4n) is 1.44. The second kappa shape index (κ2) is 6.90. The van der Waals surface area contributed by atoms with Crippen LogP contribution in [-0.4, -0.2) is 18.3 Å². The lowest BCUT2D eigenvalue weighted by Gasteiger charge is -2.14. The van der Waals surface area contributed by atoms with Crippen molar-refractivity contribution in [2.45, 2.75) is 19.4 Å². The van der Waals surface area contributed by atoms with E-state index >= 15 is 0 Å². The van der Waals surface area contributed by atoms with Gasteiger partial charge in [-0.1, -0.05) is 18.7 Å². The molecule has 0 radical (unpaired) electrons. The molecule has 3 nitrogen and oxygen atoms in total. The normalized spacial score (nSPS) is 12.1. The Morgan fingerprint density at radius 1 is 1.44 bits per heavy atom. The van der Waals surface area contributed by atoms with Crippen molar-refractivity contribution in [2.24, 2.45) is 0 Å². The Kier molecular flexibility index (Phi) is 5.43. The third-order valence-corrected chi connectivity index (χ3v) is 2.40. The summed E-state index contributed by atoms with van der Waals surface area (Å²) in [5, 5.41) is 12.5. The molecule has 0 heterocycles. The van der Waals surface area contributed by atoms with Crippen LogP contribution in [0.3, 0.4) is 0 Å². The molecule has 0 fully saturated rings. The molecular weight excluding hydrogens is 202 g/mol. The second-order valence-corrected chi connectivity index (χ2v) is 3.66. The van der Waals surface area contributed by atoms with Gasteiger partial charge < -0.3 is 15.2 Å². The Labute approximate surface area is 96.8 Å². The summed E-state index contributed by atoms with van der Waals surface area (Å²) < 4.78 is 5.03. The number of phenols is 1. The summed E-state index contributed by atoms with van der Waals surface area (Å²) >= 11 is 0. The monoisotopic (exact) mass is 221 g/mol. The Morgan fingerprint density at radius 2 is 2.12 bits per heavy atom. The lowest BCUT2D eigenvalue weighted by atomic mass is 10.1. The fraction of sp³-hybridized carbons (Fsp3) is 0.385. The molecule has 1 aromatic carbocycles. The molecule has 0 spiro atoms. The molecule has 0 bridgehead atoms. The molecule has 0 aliphatic heterocycles. The average Bonchev–Trinajstić information content (AvgIpc) is 2.29. The highest BCUT2D eigenvalue weighted by atomic mass is 16.5. The highest BCUT2D eigenvalue weighted by Gasteiger charge is 2.03. The highest BCUT2D eigenvalue weighted by molar-refractivity contribution is 5.27. The third-order valence-electron chi connectivity index (χ3n) is 2.40. The van der Waals surface area contributed by atoms with Crippen molar-refractivity contribution in [1.29, 1.82) is 0 Å². The minimum atomic E-state index is 0.282. The van der Waals surface area contributed by atoms with Crippen LogP contribution in [0.2, 0.25) is 0 Å². The second-order valence-electron chi connectivity index (χ2n) is 3.66. The molecule has 1 rings (SSSR count). The molecule has 2 N–H and O–H groups in total. The van der Waals surface area contributed by atoms with Crippen LogP contribution >= 0.6 is 0 Å². The first kappa shape index (κ1) is 12.6. The first-order valence-electron chi connectivity index (χ1n) is 5.49. The minimum absolute atomic E-state index is 0.282.